The Hall–Kier alpha value is -1.98. The maximum Gasteiger partial charge on any atom is 0.326 e. The number of hydrogen-bond acceptors (Lipinski definition) is 4. The van der Waals surface area contributed by atoms with Crippen LogP contribution in [0.4, 0.5) is 0 Å². The second-order valence-corrected chi connectivity index (χ2v) is 3.04. The number of nitrogens with zero attached hydrogens (tertiary/aromatic N) is 2. The molecule has 0 aliphatic rings. The fraction of sp³-hybridized carbons (Fsp3) is 0.333. The minimum absolute atomic E-state index is 0.176. The van der Waals surface area contributed by atoms with Crippen molar-refractivity contribution in [3.8, 4) is 0 Å². The number of hydrogen-bond donors (Lipinski definition) is 2. The lowest BCUT2D eigenvalue weighted by atomic mass is 10.1. The van der Waals surface area contributed by atoms with Gasteiger partial charge in [-0.15, -0.1) is 0 Å². The summed E-state index contributed by atoms with van der Waals surface area (Å²) >= 11 is 0. The molecule has 0 aromatic carbocycles. The molecule has 0 fully saturated rings. The van der Waals surface area contributed by atoms with Gasteiger partial charge in [-0.3, -0.25) is 4.79 Å². The number of amides is 1. The van der Waals surface area contributed by atoms with Crippen LogP contribution in [0.3, 0.4) is 0 Å². The van der Waals surface area contributed by atoms with Gasteiger partial charge in [-0.05, 0) is 5.56 Å². The summed E-state index contributed by atoms with van der Waals surface area (Å²) in [4.78, 5) is 29.0. The molecule has 0 bridgehead atoms. The summed E-state index contributed by atoms with van der Waals surface area (Å²) < 4.78 is 0. The normalized spacial score (nSPS) is 11.8. The lowest BCUT2D eigenvalue weighted by Crippen LogP contribution is -2.41. The van der Waals surface area contributed by atoms with Crippen LogP contribution in [0.2, 0.25) is 0 Å². The van der Waals surface area contributed by atoms with Crippen molar-refractivity contribution in [3.63, 3.8) is 0 Å². The van der Waals surface area contributed by atoms with Crippen molar-refractivity contribution in [3.05, 3.63) is 24.3 Å². The lowest BCUT2D eigenvalue weighted by molar-refractivity contribution is -0.141. The summed E-state index contributed by atoms with van der Waals surface area (Å²) in [6.07, 6.45) is 4.57. The van der Waals surface area contributed by atoms with E-state index < -0.39 is 12.0 Å². The van der Waals surface area contributed by atoms with E-state index in [-0.39, 0.29) is 12.3 Å². The van der Waals surface area contributed by atoms with E-state index >= 15 is 0 Å². The van der Waals surface area contributed by atoms with Crippen LogP contribution in [0.5, 0.6) is 0 Å². The highest BCUT2D eigenvalue weighted by molar-refractivity contribution is 5.82. The standard InChI is InChI=1S/C9H11N3O3/c1-6(13)12-8(9(14)15)2-7-3-10-5-11-4-7/h3-5,8H,2H2,1H3,(H,12,13)(H,14,15)/t8-/m1/s1. The highest BCUT2D eigenvalue weighted by atomic mass is 16.4. The summed E-state index contributed by atoms with van der Waals surface area (Å²) in [7, 11) is 0. The van der Waals surface area contributed by atoms with Crippen LogP contribution in [0, 0.1) is 0 Å². The van der Waals surface area contributed by atoms with Crippen LogP contribution in [-0.2, 0) is 16.0 Å². The average molecular weight is 209 g/mol. The monoisotopic (exact) mass is 209 g/mol. The first-order chi connectivity index (χ1) is 7.09. The molecule has 15 heavy (non-hydrogen) atoms. The van der Waals surface area contributed by atoms with Gasteiger partial charge in [0.05, 0.1) is 0 Å². The van der Waals surface area contributed by atoms with Gasteiger partial charge in [0.2, 0.25) is 5.91 Å². The molecule has 2 N–H and O–H groups in total. The molecule has 80 valence electrons. The Morgan fingerprint density at radius 1 is 1.47 bits per heavy atom. The Kier molecular flexibility index (Phi) is 3.73. The number of nitrogens with one attached hydrogen (secondary N) is 1. The van der Waals surface area contributed by atoms with Crippen molar-refractivity contribution < 1.29 is 14.7 Å². The van der Waals surface area contributed by atoms with Crippen molar-refractivity contribution >= 4 is 11.9 Å². The van der Waals surface area contributed by atoms with Gasteiger partial charge in [-0.1, -0.05) is 0 Å². The molecule has 0 saturated heterocycles. The molecule has 0 aliphatic carbocycles. The fourth-order valence-corrected chi connectivity index (χ4v) is 1.12. The van der Waals surface area contributed by atoms with Crippen molar-refractivity contribution in [1.29, 1.82) is 0 Å². The van der Waals surface area contributed by atoms with E-state index in [1.165, 1.54) is 25.6 Å². The zero-order chi connectivity index (χ0) is 11.3. The number of rotatable bonds is 4. The number of carboxylic acids is 1. The van der Waals surface area contributed by atoms with Crippen LogP contribution >= 0.6 is 0 Å². The Balaban J connectivity index is 2.67. The third kappa shape index (κ3) is 3.72. The van der Waals surface area contributed by atoms with Gasteiger partial charge < -0.3 is 10.4 Å². The zero-order valence-electron chi connectivity index (χ0n) is 8.17. The van der Waals surface area contributed by atoms with E-state index in [9.17, 15) is 9.59 Å². The number of carbonyl (C=O) groups excluding carboxylic acids is 1. The molecule has 1 amide bonds. The Labute approximate surface area is 86.4 Å². The summed E-state index contributed by atoms with van der Waals surface area (Å²) in [6, 6.07) is -0.937. The largest absolute Gasteiger partial charge is 0.480 e. The maximum absolute atomic E-state index is 10.8. The minimum atomic E-state index is -1.07. The highest BCUT2D eigenvalue weighted by Gasteiger charge is 2.18. The maximum atomic E-state index is 10.8. The number of aliphatic carboxylic acids is 1. The first-order valence-electron chi connectivity index (χ1n) is 4.33. The topological polar surface area (TPSA) is 92.2 Å². The van der Waals surface area contributed by atoms with E-state index in [0.717, 1.165) is 0 Å². The predicted octanol–water partition coefficient (Wildman–Crippen LogP) is -0.392. The molecule has 6 heteroatoms. The van der Waals surface area contributed by atoms with Gasteiger partial charge in [0.15, 0.2) is 0 Å². The second kappa shape index (κ2) is 5.04. The van der Waals surface area contributed by atoms with Gasteiger partial charge in [-0.2, -0.15) is 0 Å². The molecule has 1 atom stereocenters. The van der Waals surface area contributed by atoms with E-state index in [0.29, 0.717) is 5.56 Å². The van der Waals surface area contributed by atoms with Crippen molar-refractivity contribution in [2.75, 3.05) is 0 Å². The second-order valence-electron chi connectivity index (χ2n) is 3.04. The molecule has 1 aromatic rings. The van der Waals surface area contributed by atoms with Crippen LogP contribution in [0.1, 0.15) is 12.5 Å². The minimum Gasteiger partial charge on any atom is -0.480 e. The van der Waals surface area contributed by atoms with Crippen molar-refractivity contribution in [1.82, 2.24) is 15.3 Å². The van der Waals surface area contributed by atoms with Crippen LogP contribution in [-0.4, -0.2) is 33.0 Å². The molecule has 0 radical (unpaired) electrons. The summed E-state index contributed by atoms with van der Waals surface area (Å²) in [5, 5.41) is 11.2. The Morgan fingerprint density at radius 3 is 2.53 bits per heavy atom. The molecule has 6 nitrogen and oxygen atoms in total. The molecule has 0 spiro atoms. The van der Waals surface area contributed by atoms with Gasteiger partial charge in [0.25, 0.3) is 0 Å². The number of carboxylic acid groups (broad SMARTS) is 1. The van der Waals surface area contributed by atoms with E-state index in [2.05, 4.69) is 15.3 Å². The first kappa shape index (κ1) is 11.1. The molecule has 0 unspecified atom stereocenters. The van der Waals surface area contributed by atoms with Crippen molar-refractivity contribution in [2.45, 2.75) is 19.4 Å². The predicted molar refractivity (Wildman–Crippen MR) is 51.0 cm³/mol. The molecule has 1 rings (SSSR count). The lowest BCUT2D eigenvalue weighted by Gasteiger charge is -2.12. The first-order valence-corrected chi connectivity index (χ1v) is 4.33. The molecule has 1 heterocycles. The SMILES string of the molecule is CC(=O)N[C@H](Cc1cncnc1)C(=O)O. The van der Waals surface area contributed by atoms with E-state index in [1.807, 2.05) is 0 Å². The average Bonchev–Trinajstić information content (AvgIpc) is 2.17. The molecule has 1 aromatic heterocycles. The quantitative estimate of drug-likeness (QED) is 0.704. The fourth-order valence-electron chi connectivity index (χ4n) is 1.12. The van der Waals surface area contributed by atoms with Gasteiger partial charge >= 0.3 is 5.97 Å². The number of aromatic nitrogens is 2. The van der Waals surface area contributed by atoms with Crippen LogP contribution < -0.4 is 5.32 Å². The van der Waals surface area contributed by atoms with E-state index in [1.54, 1.807) is 0 Å². The molecule has 0 aliphatic heterocycles. The third-order valence-electron chi connectivity index (χ3n) is 1.73. The van der Waals surface area contributed by atoms with Crippen LogP contribution in [0.25, 0.3) is 0 Å². The van der Waals surface area contributed by atoms with Gasteiger partial charge in [-0.25, -0.2) is 14.8 Å². The third-order valence-corrected chi connectivity index (χ3v) is 1.73. The molecular formula is C9H11N3O3. The summed E-state index contributed by atoms with van der Waals surface area (Å²) in [6.45, 7) is 1.28. The smallest absolute Gasteiger partial charge is 0.326 e. The number of carbonyl (C=O) groups is 2. The molecule has 0 saturated carbocycles. The van der Waals surface area contributed by atoms with E-state index in [4.69, 9.17) is 5.11 Å². The Bertz CT molecular complexity index is 353. The van der Waals surface area contributed by atoms with Crippen molar-refractivity contribution in [2.24, 2.45) is 0 Å². The van der Waals surface area contributed by atoms with Gasteiger partial charge in [0, 0.05) is 25.7 Å². The van der Waals surface area contributed by atoms with Gasteiger partial charge in [0.1, 0.15) is 12.4 Å². The molecular weight excluding hydrogens is 198 g/mol. The highest BCUT2D eigenvalue weighted by Crippen LogP contribution is 2.00. The Morgan fingerprint density at radius 2 is 2.07 bits per heavy atom. The summed E-state index contributed by atoms with van der Waals surface area (Å²) in [5.41, 5.74) is 0.665. The summed E-state index contributed by atoms with van der Waals surface area (Å²) in [5.74, 6) is -1.45. The van der Waals surface area contributed by atoms with Crippen LogP contribution in [0.15, 0.2) is 18.7 Å². The zero-order valence-corrected chi connectivity index (χ0v) is 8.17.